The first-order valence-corrected chi connectivity index (χ1v) is 9.00. The van der Waals surface area contributed by atoms with E-state index in [1.807, 2.05) is 18.2 Å². The van der Waals surface area contributed by atoms with E-state index in [2.05, 4.69) is 21.4 Å². The summed E-state index contributed by atoms with van der Waals surface area (Å²) in [5.74, 6) is 0.162. The van der Waals surface area contributed by atoms with Crippen molar-refractivity contribution in [3.8, 4) is 17.3 Å². The molecule has 27 heavy (non-hydrogen) atoms. The van der Waals surface area contributed by atoms with E-state index in [-0.39, 0.29) is 17.1 Å². The summed E-state index contributed by atoms with van der Waals surface area (Å²) in [5, 5.41) is 12.9. The fraction of sp³-hybridized carbons (Fsp3) is 0.105. The number of anilines is 2. The molecule has 0 fully saturated rings. The Labute approximate surface area is 158 Å². The Morgan fingerprint density at radius 3 is 2.41 bits per heavy atom. The minimum atomic E-state index is -4.46. The van der Waals surface area contributed by atoms with Crippen LogP contribution in [-0.4, -0.2) is 16.2 Å². The summed E-state index contributed by atoms with van der Waals surface area (Å²) < 4.78 is 38.8. The van der Waals surface area contributed by atoms with Gasteiger partial charge in [-0.05, 0) is 24.5 Å². The summed E-state index contributed by atoms with van der Waals surface area (Å²) in [6, 6.07) is 15.9. The van der Waals surface area contributed by atoms with Gasteiger partial charge >= 0.3 is 6.18 Å². The molecule has 3 rings (SSSR count). The maximum absolute atomic E-state index is 12.9. The minimum absolute atomic E-state index is 0.162. The topological polar surface area (TPSA) is 61.6 Å². The first kappa shape index (κ1) is 18.7. The molecular weight excluding hydrogens is 373 g/mol. The second-order valence-electron chi connectivity index (χ2n) is 5.46. The average Bonchev–Trinajstić information content (AvgIpc) is 2.67. The van der Waals surface area contributed by atoms with Crippen LogP contribution >= 0.6 is 11.8 Å². The Balaban J connectivity index is 2.10. The van der Waals surface area contributed by atoms with Crippen LogP contribution in [0.2, 0.25) is 0 Å². The molecule has 0 saturated carbocycles. The number of nitrogens with zero attached hydrogens (tertiary/aromatic N) is 3. The van der Waals surface area contributed by atoms with Gasteiger partial charge in [-0.3, -0.25) is 0 Å². The quantitative estimate of drug-likeness (QED) is 0.474. The Hall–Kier alpha value is -3.05. The van der Waals surface area contributed by atoms with Gasteiger partial charge in [-0.25, -0.2) is 9.97 Å². The molecule has 1 N–H and O–H groups in total. The smallest absolute Gasteiger partial charge is 0.339 e. The van der Waals surface area contributed by atoms with Gasteiger partial charge in [0.05, 0.1) is 11.3 Å². The first-order valence-electron chi connectivity index (χ1n) is 7.78. The van der Waals surface area contributed by atoms with E-state index in [4.69, 9.17) is 0 Å². The monoisotopic (exact) mass is 386 g/mol. The second kappa shape index (κ2) is 7.68. The molecular formula is C19H13F3N4S. The van der Waals surface area contributed by atoms with Crippen molar-refractivity contribution in [3.05, 3.63) is 65.7 Å². The molecule has 0 aliphatic rings. The van der Waals surface area contributed by atoms with Gasteiger partial charge < -0.3 is 5.32 Å². The lowest BCUT2D eigenvalue weighted by Gasteiger charge is -2.13. The molecule has 4 nitrogen and oxygen atoms in total. The van der Waals surface area contributed by atoms with Crippen LogP contribution in [0.15, 0.2) is 59.8 Å². The number of aromatic nitrogens is 2. The number of rotatable bonds is 4. The lowest BCUT2D eigenvalue weighted by molar-refractivity contribution is -0.137. The summed E-state index contributed by atoms with van der Waals surface area (Å²) in [5.41, 5.74) is 0.710. The molecule has 0 saturated heterocycles. The minimum Gasteiger partial charge on any atom is -0.339 e. The fourth-order valence-corrected chi connectivity index (χ4v) is 2.81. The van der Waals surface area contributed by atoms with Crippen LogP contribution < -0.4 is 5.32 Å². The van der Waals surface area contributed by atoms with Gasteiger partial charge in [0.1, 0.15) is 11.6 Å². The summed E-state index contributed by atoms with van der Waals surface area (Å²) >= 11 is 1.28. The molecule has 0 atom stereocenters. The van der Waals surface area contributed by atoms with Crippen molar-refractivity contribution in [2.24, 2.45) is 0 Å². The zero-order valence-corrected chi connectivity index (χ0v) is 14.9. The summed E-state index contributed by atoms with van der Waals surface area (Å²) in [4.78, 5) is 8.67. The molecule has 0 spiro atoms. The van der Waals surface area contributed by atoms with Crippen LogP contribution in [0.25, 0.3) is 11.3 Å². The summed E-state index contributed by atoms with van der Waals surface area (Å²) in [6.07, 6.45) is -2.68. The molecule has 0 aliphatic carbocycles. The molecule has 0 aliphatic heterocycles. The van der Waals surface area contributed by atoms with Crippen molar-refractivity contribution in [1.29, 1.82) is 5.26 Å². The van der Waals surface area contributed by atoms with Gasteiger partial charge in [0.2, 0.25) is 0 Å². The zero-order valence-electron chi connectivity index (χ0n) is 14.1. The molecule has 3 aromatic rings. The number of hydrogen-bond donors (Lipinski definition) is 1. The molecule has 8 heteroatoms. The SMILES string of the molecule is CSc1nc(Nc2cccc(C(F)(F)F)c2)c(C#N)c(-c2ccccc2)n1. The number of nitriles is 1. The van der Waals surface area contributed by atoms with Gasteiger partial charge in [-0.15, -0.1) is 0 Å². The lowest BCUT2D eigenvalue weighted by Crippen LogP contribution is -2.07. The highest BCUT2D eigenvalue weighted by molar-refractivity contribution is 7.98. The number of thioether (sulfide) groups is 1. The van der Waals surface area contributed by atoms with Gasteiger partial charge in [0.25, 0.3) is 0 Å². The molecule has 0 unspecified atom stereocenters. The van der Waals surface area contributed by atoms with Gasteiger partial charge in [0, 0.05) is 11.3 Å². The number of halogens is 3. The molecule has 1 heterocycles. The Bertz CT molecular complexity index is 998. The average molecular weight is 386 g/mol. The standard InChI is InChI=1S/C19H13F3N4S/c1-27-18-25-16(12-6-3-2-4-7-12)15(11-23)17(26-18)24-14-9-5-8-13(10-14)19(20,21)22/h2-10H,1H3,(H,24,25,26). The Kier molecular flexibility index (Phi) is 5.33. The van der Waals surface area contributed by atoms with E-state index in [0.29, 0.717) is 10.9 Å². The van der Waals surface area contributed by atoms with E-state index in [1.54, 1.807) is 18.4 Å². The van der Waals surface area contributed by atoms with E-state index in [0.717, 1.165) is 17.7 Å². The van der Waals surface area contributed by atoms with Crippen molar-refractivity contribution >= 4 is 23.3 Å². The van der Waals surface area contributed by atoms with E-state index < -0.39 is 11.7 Å². The van der Waals surface area contributed by atoms with E-state index in [9.17, 15) is 18.4 Å². The fourth-order valence-electron chi connectivity index (χ4n) is 2.44. The second-order valence-corrected chi connectivity index (χ2v) is 6.24. The summed E-state index contributed by atoms with van der Waals surface area (Å²) in [7, 11) is 0. The van der Waals surface area contributed by atoms with Crippen LogP contribution in [-0.2, 0) is 6.18 Å². The van der Waals surface area contributed by atoms with E-state index in [1.165, 1.54) is 23.9 Å². The predicted molar refractivity (Wildman–Crippen MR) is 98.7 cm³/mol. The van der Waals surface area contributed by atoms with Crippen LogP contribution in [0.3, 0.4) is 0 Å². The van der Waals surface area contributed by atoms with Crippen molar-refractivity contribution in [1.82, 2.24) is 9.97 Å². The molecule has 1 aromatic heterocycles. The third-order valence-corrected chi connectivity index (χ3v) is 4.23. The van der Waals surface area contributed by atoms with Crippen molar-refractivity contribution in [3.63, 3.8) is 0 Å². The Morgan fingerprint density at radius 2 is 1.78 bits per heavy atom. The molecule has 0 bridgehead atoms. The first-order chi connectivity index (χ1) is 12.9. The van der Waals surface area contributed by atoms with E-state index >= 15 is 0 Å². The molecule has 0 radical (unpaired) electrons. The van der Waals surface area contributed by atoms with Crippen LogP contribution in [0.1, 0.15) is 11.1 Å². The third kappa shape index (κ3) is 4.20. The molecule has 2 aromatic carbocycles. The number of hydrogen-bond acceptors (Lipinski definition) is 5. The zero-order chi connectivity index (χ0) is 19.4. The van der Waals surface area contributed by atoms with Crippen molar-refractivity contribution < 1.29 is 13.2 Å². The molecule has 0 amide bonds. The van der Waals surface area contributed by atoms with Gasteiger partial charge in [-0.1, -0.05) is 48.2 Å². The number of alkyl halides is 3. The highest BCUT2D eigenvalue weighted by Gasteiger charge is 2.30. The van der Waals surface area contributed by atoms with Crippen LogP contribution in [0.4, 0.5) is 24.7 Å². The van der Waals surface area contributed by atoms with Crippen molar-refractivity contribution in [2.75, 3.05) is 11.6 Å². The predicted octanol–water partition coefficient (Wildman–Crippen LogP) is 5.50. The highest BCUT2D eigenvalue weighted by Crippen LogP contribution is 2.33. The lowest BCUT2D eigenvalue weighted by atomic mass is 10.1. The largest absolute Gasteiger partial charge is 0.416 e. The van der Waals surface area contributed by atoms with Crippen molar-refractivity contribution in [2.45, 2.75) is 11.3 Å². The number of nitrogens with one attached hydrogen (secondary N) is 1. The summed E-state index contributed by atoms with van der Waals surface area (Å²) in [6.45, 7) is 0. The van der Waals surface area contributed by atoms with Crippen LogP contribution in [0, 0.1) is 11.3 Å². The van der Waals surface area contributed by atoms with Gasteiger partial charge in [0.15, 0.2) is 11.0 Å². The third-order valence-electron chi connectivity index (χ3n) is 3.68. The molecule has 136 valence electrons. The van der Waals surface area contributed by atoms with Gasteiger partial charge in [-0.2, -0.15) is 18.4 Å². The maximum Gasteiger partial charge on any atom is 0.416 e. The van der Waals surface area contributed by atoms with Crippen LogP contribution in [0.5, 0.6) is 0 Å². The Morgan fingerprint density at radius 1 is 1.04 bits per heavy atom. The number of benzene rings is 2. The maximum atomic E-state index is 12.9. The normalized spacial score (nSPS) is 11.1. The highest BCUT2D eigenvalue weighted by atomic mass is 32.2.